The summed E-state index contributed by atoms with van der Waals surface area (Å²) in [6, 6.07) is 8.91. The van der Waals surface area contributed by atoms with E-state index in [1.54, 1.807) is 30.5 Å². The Morgan fingerprint density at radius 2 is 2.17 bits per heavy atom. The minimum absolute atomic E-state index is 0.233. The van der Waals surface area contributed by atoms with Gasteiger partial charge in [-0.15, -0.1) is 0 Å². The van der Waals surface area contributed by atoms with Crippen LogP contribution in [0.15, 0.2) is 36.7 Å². The molecule has 0 bridgehead atoms. The Morgan fingerprint density at radius 1 is 1.33 bits per heavy atom. The van der Waals surface area contributed by atoms with E-state index < -0.39 is 0 Å². The number of nitrogens with one attached hydrogen (secondary N) is 1. The molecule has 0 spiro atoms. The lowest BCUT2D eigenvalue weighted by Gasteiger charge is -2.31. The van der Waals surface area contributed by atoms with E-state index >= 15 is 0 Å². The monoisotopic (exact) mass is 321 g/mol. The minimum Gasteiger partial charge on any atom is -0.355 e. The third-order valence-electron chi connectivity index (χ3n) is 4.15. The standard InChI is InChI=1S/C18H19N5O/c1-13-5-4-8-23(12-13)17-11-20-16(10-21-17)18(24)22-15-7-3-2-6-14(15)9-19/h2-3,6-7,10-11,13H,4-5,8,12H2,1H3,(H,22,24). The van der Waals surface area contributed by atoms with Gasteiger partial charge in [0.05, 0.1) is 23.6 Å². The van der Waals surface area contributed by atoms with E-state index in [0.717, 1.165) is 25.3 Å². The molecule has 1 aromatic heterocycles. The van der Waals surface area contributed by atoms with Crippen molar-refractivity contribution in [1.82, 2.24) is 9.97 Å². The lowest BCUT2D eigenvalue weighted by molar-refractivity contribution is 0.102. The number of aromatic nitrogens is 2. The molecule has 3 rings (SSSR count). The minimum atomic E-state index is -0.372. The van der Waals surface area contributed by atoms with Gasteiger partial charge in [0.15, 0.2) is 0 Å². The van der Waals surface area contributed by atoms with Crippen LogP contribution in [-0.4, -0.2) is 29.0 Å². The van der Waals surface area contributed by atoms with Crippen molar-refractivity contribution in [1.29, 1.82) is 5.26 Å². The molecule has 2 heterocycles. The number of benzene rings is 1. The molecule has 24 heavy (non-hydrogen) atoms. The first-order chi connectivity index (χ1) is 11.7. The molecule has 1 aliphatic rings. The second-order valence-corrected chi connectivity index (χ2v) is 6.06. The Morgan fingerprint density at radius 3 is 2.88 bits per heavy atom. The van der Waals surface area contributed by atoms with Crippen LogP contribution in [0, 0.1) is 17.2 Å². The number of rotatable bonds is 3. The molecule has 0 aliphatic carbocycles. The summed E-state index contributed by atoms with van der Waals surface area (Å²) >= 11 is 0. The van der Waals surface area contributed by atoms with E-state index in [1.165, 1.54) is 12.6 Å². The summed E-state index contributed by atoms with van der Waals surface area (Å²) in [5.74, 6) is 1.07. The third-order valence-corrected chi connectivity index (χ3v) is 4.15. The van der Waals surface area contributed by atoms with E-state index in [0.29, 0.717) is 17.2 Å². The SMILES string of the molecule is CC1CCCN(c2cnc(C(=O)Nc3ccccc3C#N)cn2)C1. The lowest BCUT2D eigenvalue weighted by Crippen LogP contribution is -2.35. The number of amides is 1. The molecular formula is C18H19N5O. The Hall–Kier alpha value is -2.94. The second-order valence-electron chi connectivity index (χ2n) is 6.06. The summed E-state index contributed by atoms with van der Waals surface area (Å²) in [6.45, 7) is 4.17. The molecule has 1 fully saturated rings. The highest BCUT2D eigenvalue weighted by atomic mass is 16.1. The van der Waals surface area contributed by atoms with E-state index in [1.807, 2.05) is 0 Å². The van der Waals surface area contributed by atoms with E-state index in [2.05, 4.69) is 33.2 Å². The molecule has 6 heteroatoms. The summed E-state index contributed by atoms with van der Waals surface area (Å²) in [5.41, 5.74) is 1.12. The summed E-state index contributed by atoms with van der Waals surface area (Å²) in [4.78, 5) is 23.1. The van der Waals surface area contributed by atoms with E-state index in [-0.39, 0.29) is 11.6 Å². The van der Waals surface area contributed by atoms with Gasteiger partial charge in [0.25, 0.3) is 5.91 Å². The van der Waals surface area contributed by atoms with Crippen LogP contribution in [0.25, 0.3) is 0 Å². The molecular weight excluding hydrogens is 302 g/mol. The maximum absolute atomic E-state index is 12.3. The highest BCUT2D eigenvalue weighted by Gasteiger charge is 2.18. The molecule has 1 unspecified atom stereocenters. The highest BCUT2D eigenvalue weighted by Crippen LogP contribution is 2.20. The Balaban J connectivity index is 1.71. The number of nitrogens with zero attached hydrogens (tertiary/aromatic N) is 4. The number of carbonyl (C=O) groups excluding carboxylic acids is 1. The molecule has 6 nitrogen and oxygen atoms in total. The molecule has 0 saturated carbocycles. The number of piperidine rings is 1. The Kier molecular flexibility index (Phi) is 4.71. The maximum Gasteiger partial charge on any atom is 0.275 e. The second kappa shape index (κ2) is 7.09. The van der Waals surface area contributed by atoms with Gasteiger partial charge in [-0.3, -0.25) is 4.79 Å². The van der Waals surface area contributed by atoms with Gasteiger partial charge in [-0.25, -0.2) is 9.97 Å². The maximum atomic E-state index is 12.3. The molecule has 1 atom stereocenters. The first-order valence-corrected chi connectivity index (χ1v) is 8.05. The Bertz CT molecular complexity index is 766. The molecule has 2 aromatic rings. The largest absolute Gasteiger partial charge is 0.355 e. The highest BCUT2D eigenvalue weighted by molar-refractivity contribution is 6.03. The van der Waals surface area contributed by atoms with Gasteiger partial charge in [-0.1, -0.05) is 19.1 Å². The van der Waals surface area contributed by atoms with Crippen LogP contribution in [-0.2, 0) is 0 Å². The number of para-hydroxylation sites is 1. The molecule has 122 valence electrons. The number of nitriles is 1. The normalized spacial score (nSPS) is 17.2. The van der Waals surface area contributed by atoms with Crippen LogP contribution in [0.2, 0.25) is 0 Å². The van der Waals surface area contributed by atoms with Crippen molar-refractivity contribution in [2.24, 2.45) is 5.92 Å². The van der Waals surface area contributed by atoms with Gasteiger partial charge in [0.1, 0.15) is 17.6 Å². The van der Waals surface area contributed by atoms with Crippen molar-refractivity contribution >= 4 is 17.4 Å². The zero-order valence-corrected chi connectivity index (χ0v) is 13.6. The summed E-state index contributed by atoms with van der Waals surface area (Å²) < 4.78 is 0. The van der Waals surface area contributed by atoms with E-state index in [9.17, 15) is 4.79 Å². The quantitative estimate of drug-likeness (QED) is 0.940. The number of carbonyl (C=O) groups is 1. The first-order valence-electron chi connectivity index (χ1n) is 8.05. The smallest absolute Gasteiger partial charge is 0.275 e. The third kappa shape index (κ3) is 3.51. The number of hydrogen-bond donors (Lipinski definition) is 1. The van der Waals surface area contributed by atoms with Crippen LogP contribution in [0.3, 0.4) is 0 Å². The average molecular weight is 321 g/mol. The average Bonchev–Trinajstić information content (AvgIpc) is 2.62. The van der Waals surface area contributed by atoms with Gasteiger partial charge in [-0.2, -0.15) is 5.26 Å². The van der Waals surface area contributed by atoms with Crippen molar-refractivity contribution < 1.29 is 4.79 Å². The zero-order chi connectivity index (χ0) is 16.9. The van der Waals surface area contributed by atoms with Crippen molar-refractivity contribution in [2.75, 3.05) is 23.3 Å². The van der Waals surface area contributed by atoms with Crippen LogP contribution in [0.1, 0.15) is 35.8 Å². The van der Waals surface area contributed by atoms with Gasteiger partial charge < -0.3 is 10.2 Å². The fraction of sp³-hybridized carbons (Fsp3) is 0.333. The summed E-state index contributed by atoms with van der Waals surface area (Å²) in [6.07, 6.45) is 5.51. The molecule has 1 aromatic carbocycles. The molecule has 1 amide bonds. The molecule has 1 aliphatic heterocycles. The van der Waals surface area contributed by atoms with Gasteiger partial charge in [-0.05, 0) is 30.9 Å². The zero-order valence-electron chi connectivity index (χ0n) is 13.6. The summed E-state index contributed by atoms with van der Waals surface area (Å²) in [5, 5.41) is 11.8. The van der Waals surface area contributed by atoms with Gasteiger partial charge in [0, 0.05) is 13.1 Å². The predicted octanol–water partition coefficient (Wildman–Crippen LogP) is 2.84. The summed E-state index contributed by atoms with van der Waals surface area (Å²) in [7, 11) is 0. The first kappa shape index (κ1) is 15.9. The van der Waals surface area contributed by atoms with Crippen molar-refractivity contribution in [3.8, 4) is 6.07 Å². The van der Waals surface area contributed by atoms with Gasteiger partial charge in [0.2, 0.25) is 0 Å². The van der Waals surface area contributed by atoms with Crippen molar-refractivity contribution in [3.63, 3.8) is 0 Å². The fourth-order valence-corrected chi connectivity index (χ4v) is 2.88. The van der Waals surface area contributed by atoms with Crippen LogP contribution in [0.4, 0.5) is 11.5 Å². The Labute approximate surface area is 141 Å². The van der Waals surface area contributed by atoms with Crippen LogP contribution >= 0.6 is 0 Å². The molecule has 1 saturated heterocycles. The van der Waals surface area contributed by atoms with Crippen LogP contribution in [0.5, 0.6) is 0 Å². The fourth-order valence-electron chi connectivity index (χ4n) is 2.88. The molecule has 1 N–H and O–H groups in total. The van der Waals surface area contributed by atoms with E-state index in [4.69, 9.17) is 5.26 Å². The van der Waals surface area contributed by atoms with Crippen molar-refractivity contribution in [3.05, 3.63) is 47.9 Å². The number of anilines is 2. The topological polar surface area (TPSA) is 81.9 Å². The lowest BCUT2D eigenvalue weighted by atomic mass is 10.0. The van der Waals surface area contributed by atoms with Gasteiger partial charge >= 0.3 is 0 Å². The number of hydrogen-bond acceptors (Lipinski definition) is 5. The molecule has 0 radical (unpaired) electrons. The van der Waals surface area contributed by atoms with Crippen molar-refractivity contribution in [2.45, 2.75) is 19.8 Å². The predicted molar refractivity (Wildman–Crippen MR) is 91.8 cm³/mol. The van der Waals surface area contributed by atoms with Crippen LogP contribution < -0.4 is 10.2 Å².